The minimum atomic E-state index is -0.853. The van der Waals surface area contributed by atoms with Crippen LogP contribution in [0.5, 0.6) is 0 Å². The molecule has 0 aromatic carbocycles. The third-order valence-corrected chi connectivity index (χ3v) is 7.90. The molecule has 0 aliphatic carbocycles. The van der Waals surface area contributed by atoms with Crippen molar-refractivity contribution in [1.82, 2.24) is 39.4 Å². The van der Waals surface area contributed by atoms with E-state index in [1.165, 1.54) is 0 Å². The first-order valence-corrected chi connectivity index (χ1v) is 15.9. The molecule has 2 aromatic heterocycles. The van der Waals surface area contributed by atoms with Crippen molar-refractivity contribution in [3.05, 3.63) is 59.2 Å². The van der Waals surface area contributed by atoms with Crippen molar-refractivity contribution >= 4 is 23.9 Å². The quantitative estimate of drug-likeness (QED) is 0.253. The molecule has 2 aliphatic heterocycles. The molecule has 276 valence electrons. The molecule has 2 aromatic rings. The molecule has 0 unspecified atom stereocenters. The number of hydrogen-bond acceptors (Lipinski definition) is 12. The Morgan fingerprint density at radius 3 is 0.920 bits per heavy atom. The maximum absolute atomic E-state index is 11.1. The van der Waals surface area contributed by atoms with Gasteiger partial charge in [-0.05, 0) is 38.4 Å². The van der Waals surface area contributed by atoms with Crippen molar-refractivity contribution in [3.63, 3.8) is 0 Å². The molecule has 0 saturated heterocycles. The Morgan fingerprint density at radius 2 is 0.720 bits per heavy atom. The summed E-state index contributed by atoms with van der Waals surface area (Å²) in [6, 6.07) is 11.2. The van der Waals surface area contributed by atoms with Crippen LogP contribution >= 0.6 is 0 Å². The van der Waals surface area contributed by atoms with Crippen LogP contribution in [0.15, 0.2) is 36.4 Å². The molecule has 0 spiro atoms. The topological polar surface area (TPSA) is 194 Å². The summed E-state index contributed by atoms with van der Waals surface area (Å²) in [7, 11) is 3.92. The number of carbonyl (C=O) groups is 4. The monoisotopic (exact) mass is 782 g/mol. The Balaban J connectivity index is 0.000000481. The number of hydrogen-bond donors (Lipinski definition) is 4. The largest absolute Gasteiger partial charge is 2.00 e. The van der Waals surface area contributed by atoms with E-state index in [-0.39, 0.29) is 60.3 Å². The molecule has 18 heteroatoms. The Bertz CT molecular complexity index is 1190. The van der Waals surface area contributed by atoms with Gasteiger partial charge in [-0.25, -0.2) is 0 Å². The summed E-state index contributed by atoms with van der Waals surface area (Å²) in [5.41, 5.74) is 3.19. The van der Waals surface area contributed by atoms with E-state index in [2.05, 4.69) is 19.8 Å². The summed E-state index contributed by atoms with van der Waals surface area (Å²) in [5.74, 6) is -3.41. The van der Waals surface area contributed by atoms with Crippen LogP contribution in [0.1, 0.15) is 22.8 Å². The third kappa shape index (κ3) is 18.3. The van der Waals surface area contributed by atoms with Gasteiger partial charge in [-0.1, -0.05) is 12.1 Å². The number of carboxylic acid groups (broad SMARTS) is 4. The minimum Gasteiger partial charge on any atom is -0.480 e. The minimum absolute atomic E-state index is 0. The number of fused-ring (bicyclic) bond motifs is 4. The van der Waals surface area contributed by atoms with Gasteiger partial charge in [0.25, 0.3) is 0 Å². The molecule has 2 radical (unpaired) electrons. The Labute approximate surface area is 314 Å². The molecule has 50 heavy (non-hydrogen) atoms. The Morgan fingerprint density at radius 1 is 0.500 bits per heavy atom. The fourth-order valence-electron chi connectivity index (χ4n) is 5.42. The van der Waals surface area contributed by atoms with Crippen LogP contribution in [0, 0.1) is 0 Å². The molecule has 0 atom stereocenters. The number of carboxylic acids is 4. The van der Waals surface area contributed by atoms with Crippen molar-refractivity contribution in [2.24, 2.45) is 0 Å². The number of likely N-dealkylation sites (N-methyl/N-ethyl adjacent to an activating group) is 2. The average Bonchev–Trinajstić information content (AvgIpc) is 2.99. The van der Waals surface area contributed by atoms with Gasteiger partial charge >= 0.3 is 40.9 Å². The first-order chi connectivity index (χ1) is 22.8. The van der Waals surface area contributed by atoms with E-state index >= 15 is 0 Å². The molecule has 16 nitrogen and oxygen atoms in total. The van der Waals surface area contributed by atoms with Crippen LogP contribution < -0.4 is 0 Å². The first kappa shape index (κ1) is 45.0. The van der Waals surface area contributed by atoms with E-state index in [9.17, 15) is 19.2 Å². The molecule has 4 bridgehead atoms. The molecule has 4 heterocycles. The molecular weight excluding hydrogens is 734 g/mol. The van der Waals surface area contributed by atoms with Crippen LogP contribution in [0.2, 0.25) is 0 Å². The van der Waals surface area contributed by atoms with Gasteiger partial charge in [0.2, 0.25) is 0 Å². The molecule has 4 N–H and O–H groups in total. The molecule has 0 amide bonds. The van der Waals surface area contributed by atoms with E-state index in [0.717, 1.165) is 22.8 Å². The van der Waals surface area contributed by atoms with E-state index in [0.29, 0.717) is 78.5 Å². The second-order valence-corrected chi connectivity index (χ2v) is 12.3. The number of aromatic nitrogens is 2. The number of nitrogens with zero attached hydrogens (tertiary/aromatic N) is 8. The van der Waals surface area contributed by atoms with Gasteiger partial charge in [-0.3, -0.25) is 48.7 Å². The van der Waals surface area contributed by atoms with Gasteiger partial charge in [0.05, 0.1) is 49.0 Å². The van der Waals surface area contributed by atoms with Gasteiger partial charge in [-0.2, -0.15) is 0 Å². The fraction of sp³-hybridized carbons (Fsp3) is 0.562. The van der Waals surface area contributed by atoms with Crippen molar-refractivity contribution in [1.29, 1.82) is 0 Å². The van der Waals surface area contributed by atoms with Crippen molar-refractivity contribution < 1.29 is 73.7 Å². The average molecular weight is 783 g/mol. The van der Waals surface area contributed by atoms with Gasteiger partial charge in [-0.15, -0.1) is 0 Å². The van der Waals surface area contributed by atoms with Crippen molar-refractivity contribution in [2.75, 3.05) is 92.6 Å². The van der Waals surface area contributed by atoms with Crippen molar-refractivity contribution in [3.8, 4) is 0 Å². The third-order valence-electron chi connectivity index (χ3n) is 7.90. The summed E-state index contributed by atoms with van der Waals surface area (Å²) in [4.78, 5) is 65.0. The van der Waals surface area contributed by atoms with Gasteiger partial charge in [0.15, 0.2) is 0 Å². The van der Waals surface area contributed by atoms with Crippen LogP contribution in [-0.2, 0) is 79.5 Å². The zero-order chi connectivity index (χ0) is 35.1. The maximum atomic E-state index is 11.1. The molecular formula is C32H48Mn2N8O8+2. The van der Waals surface area contributed by atoms with E-state index in [1.54, 1.807) is 0 Å². The predicted molar refractivity (Wildman–Crippen MR) is 175 cm³/mol. The molecule has 0 fully saturated rings. The van der Waals surface area contributed by atoms with Crippen LogP contribution in [0.4, 0.5) is 0 Å². The SMILES string of the molecule is CN1CCN(CC(=O)O)Cc2cccc(n2)CN(CC(=O)O)CC1.CN1CCN(CC(=O)O)Cc2cccc(n2)CN(CC(=O)O)CC1.[Mn+2].[Mn]. The Kier molecular flexibility index (Phi) is 21.1. The van der Waals surface area contributed by atoms with Gasteiger partial charge in [0.1, 0.15) is 0 Å². The fourth-order valence-corrected chi connectivity index (χ4v) is 5.42. The summed E-state index contributed by atoms with van der Waals surface area (Å²) < 4.78 is 0. The van der Waals surface area contributed by atoms with Crippen LogP contribution in [0.3, 0.4) is 0 Å². The maximum Gasteiger partial charge on any atom is 2.00 e. The normalized spacial score (nSPS) is 17.8. The molecule has 0 saturated carbocycles. The number of aliphatic carboxylic acids is 4. The second kappa shape index (κ2) is 23.5. The van der Waals surface area contributed by atoms with Crippen molar-refractivity contribution in [2.45, 2.75) is 26.2 Å². The standard InChI is InChI=1S/2C16H24N4O4.2Mn/c2*1-18-5-7-19(11-15(21)22)9-13-3-2-4-14(17-13)10-20(8-6-18)12-16(23)24;;/h2*2-4H,5-12H2,1H3,(H,21,22)(H,23,24);;/q;;;+2. The molecule has 4 rings (SSSR count). The predicted octanol–water partition coefficient (Wildman–Crippen LogP) is -0.405. The summed E-state index contributed by atoms with van der Waals surface area (Å²) in [6.07, 6.45) is 0. The zero-order valence-corrected chi connectivity index (χ0v) is 30.9. The summed E-state index contributed by atoms with van der Waals surface area (Å²) in [6.45, 7) is 7.11. The smallest absolute Gasteiger partial charge is 0.480 e. The van der Waals surface area contributed by atoms with E-state index < -0.39 is 23.9 Å². The Hall–Kier alpha value is -3.02. The first-order valence-electron chi connectivity index (χ1n) is 15.9. The van der Waals surface area contributed by atoms with Gasteiger partial charge in [0, 0.05) is 95.6 Å². The van der Waals surface area contributed by atoms with E-state index in [4.69, 9.17) is 20.4 Å². The number of rotatable bonds is 8. The van der Waals surface area contributed by atoms with Gasteiger partial charge < -0.3 is 30.2 Å². The second-order valence-electron chi connectivity index (χ2n) is 12.3. The van der Waals surface area contributed by atoms with Crippen LogP contribution in [0.25, 0.3) is 0 Å². The number of pyridine rings is 2. The van der Waals surface area contributed by atoms with Crippen LogP contribution in [-0.4, -0.2) is 176 Å². The van der Waals surface area contributed by atoms with E-state index in [1.807, 2.05) is 70.1 Å². The molecule has 2 aliphatic rings. The zero-order valence-electron chi connectivity index (χ0n) is 28.5. The summed E-state index contributed by atoms with van der Waals surface area (Å²) >= 11 is 0. The summed E-state index contributed by atoms with van der Waals surface area (Å²) in [5, 5.41) is 36.3.